The Bertz CT molecular complexity index is 127. The van der Waals surface area contributed by atoms with Crippen molar-refractivity contribution in [1.29, 1.82) is 5.26 Å². The number of likely N-dealkylation sites (N-methyl/N-ethyl adjacent to an activating group) is 1. The van der Waals surface area contributed by atoms with Crippen LogP contribution in [0.4, 0.5) is 0 Å². The molecular formula is C6H11N3. The van der Waals surface area contributed by atoms with E-state index in [0.29, 0.717) is 0 Å². The first-order valence-corrected chi connectivity index (χ1v) is 3.14. The van der Waals surface area contributed by atoms with E-state index in [-0.39, 0.29) is 6.04 Å². The van der Waals surface area contributed by atoms with E-state index < -0.39 is 0 Å². The molecule has 0 unspecified atom stereocenters. The van der Waals surface area contributed by atoms with Gasteiger partial charge in [0.15, 0.2) is 0 Å². The molecule has 0 aliphatic carbocycles. The Labute approximate surface area is 55.3 Å². The Balaban J connectivity index is 2.34. The van der Waals surface area contributed by atoms with E-state index in [1.54, 1.807) is 0 Å². The van der Waals surface area contributed by atoms with Gasteiger partial charge in [0.25, 0.3) is 0 Å². The van der Waals surface area contributed by atoms with E-state index in [1.807, 2.05) is 7.05 Å². The molecule has 1 rings (SSSR count). The molecule has 0 spiro atoms. The van der Waals surface area contributed by atoms with Crippen molar-refractivity contribution in [2.75, 3.05) is 26.7 Å². The number of hydrogen-bond donors (Lipinski definition) is 1. The van der Waals surface area contributed by atoms with Crippen LogP contribution in [0, 0.1) is 11.3 Å². The molecule has 0 aromatic carbocycles. The Hall–Kier alpha value is -0.590. The van der Waals surface area contributed by atoms with Crippen molar-refractivity contribution in [2.24, 2.45) is 0 Å². The molecule has 3 nitrogen and oxygen atoms in total. The zero-order valence-electron chi connectivity index (χ0n) is 5.59. The second kappa shape index (κ2) is 2.81. The van der Waals surface area contributed by atoms with Crippen molar-refractivity contribution in [3.63, 3.8) is 0 Å². The Morgan fingerprint density at radius 1 is 1.78 bits per heavy atom. The lowest BCUT2D eigenvalue weighted by atomic mass is 10.2. The van der Waals surface area contributed by atoms with E-state index in [4.69, 9.17) is 5.26 Å². The fraction of sp³-hybridized carbons (Fsp3) is 0.833. The van der Waals surface area contributed by atoms with E-state index >= 15 is 0 Å². The van der Waals surface area contributed by atoms with Gasteiger partial charge in [-0.3, -0.25) is 5.32 Å². The molecule has 0 radical (unpaired) electrons. The van der Waals surface area contributed by atoms with E-state index in [2.05, 4.69) is 16.3 Å². The summed E-state index contributed by atoms with van der Waals surface area (Å²) in [5.74, 6) is 0. The highest BCUT2D eigenvalue weighted by molar-refractivity contribution is 4.94. The molecule has 0 aromatic rings. The molecule has 1 saturated heterocycles. The van der Waals surface area contributed by atoms with Gasteiger partial charge in [0.1, 0.15) is 6.04 Å². The van der Waals surface area contributed by atoms with Crippen LogP contribution in [0.2, 0.25) is 0 Å². The van der Waals surface area contributed by atoms with Crippen LogP contribution in [-0.2, 0) is 0 Å². The third-order valence-corrected chi connectivity index (χ3v) is 1.53. The van der Waals surface area contributed by atoms with Crippen molar-refractivity contribution in [2.45, 2.75) is 6.04 Å². The van der Waals surface area contributed by atoms with E-state index in [1.165, 1.54) is 0 Å². The van der Waals surface area contributed by atoms with Crippen molar-refractivity contribution in [1.82, 2.24) is 10.2 Å². The van der Waals surface area contributed by atoms with Crippen LogP contribution in [0.1, 0.15) is 0 Å². The highest BCUT2D eigenvalue weighted by Gasteiger charge is 2.14. The zero-order valence-corrected chi connectivity index (χ0v) is 5.59. The summed E-state index contributed by atoms with van der Waals surface area (Å²) in [4.78, 5) is 2.16. The Morgan fingerprint density at radius 2 is 2.56 bits per heavy atom. The van der Waals surface area contributed by atoms with Crippen LogP contribution < -0.4 is 5.32 Å². The number of nitrogens with one attached hydrogen (secondary N) is 1. The number of hydrogen-bond acceptors (Lipinski definition) is 3. The molecule has 9 heavy (non-hydrogen) atoms. The third kappa shape index (κ3) is 1.67. The van der Waals surface area contributed by atoms with Crippen LogP contribution in [0.25, 0.3) is 0 Å². The van der Waals surface area contributed by atoms with Crippen molar-refractivity contribution >= 4 is 0 Å². The second-order valence-electron chi connectivity index (χ2n) is 2.40. The van der Waals surface area contributed by atoms with Crippen LogP contribution in [-0.4, -0.2) is 37.6 Å². The topological polar surface area (TPSA) is 39.1 Å². The summed E-state index contributed by atoms with van der Waals surface area (Å²) < 4.78 is 0. The summed E-state index contributed by atoms with van der Waals surface area (Å²) in [7, 11) is 2.03. The maximum atomic E-state index is 8.47. The van der Waals surface area contributed by atoms with Gasteiger partial charge in [-0.1, -0.05) is 0 Å². The van der Waals surface area contributed by atoms with Crippen LogP contribution in [0.15, 0.2) is 0 Å². The monoisotopic (exact) mass is 125 g/mol. The average Bonchev–Trinajstić information content (AvgIpc) is 1.88. The molecule has 0 amide bonds. The minimum atomic E-state index is 0.0451. The van der Waals surface area contributed by atoms with Gasteiger partial charge in [0, 0.05) is 19.6 Å². The number of nitrogens with zero attached hydrogens (tertiary/aromatic N) is 2. The summed E-state index contributed by atoms with van der Waals surface area (Å²) in [6.45, 7) is 2.85. The van der Waals surface area contributed by atoms with Gasteiger partial charge in [-0.05, 0) is 7.05 Å². The maximum Gasteiger partial charge on any atom is 0.108 e. The summed E-state index contributed by atoms with van der Waals surface area (Å²) in [5.41, 5.74) is 0. The largest absolute Gasteiger partial charge is 0.302 e. The average molecular weight is 125 g/mol. The normalized spacial score (nSPS) is 29.6. The fourth-order valence-corrected chi connectivity index (χ4v) is 0.984. The molecule has 1 atom stereocenters. The van der Waals surface area contributed by atoms with Gasteiger partial charge in [0.05, 0.1) is 6.07 Å². The third-order valence-electron chi connectivity index (χ3n) is 1.53. The molecule has 1 fully saturated rings. The summed E-state index contributed by atoms with van der Waals surface area (Å²) in [6.07, 6.45) is 0. The molecule has 3 heteroatoms. The standard InChI is InChI=1S/C6H11N3/c1-9-3-2-8-6(4-7)5-9/h6,8H,2-3,5H2,1H3/t6-/m0/s1. The highest BCUT2D eigenvalue weighted by Crippen LogP contribution is 1.92. The lowest BCUT2D eigenvalue weighted by Gasteiger charge is -2.26. The molecule has 50 valence electrons. The molecule has 0 bridgehead atoms. The van der Waals surface area contributed by atoms with Crippen LogP contribution in [0.3, 0.4) is 0 Å². The number of piperazine rings is 1. The van der Waals surface area contributed by atoms with Gasteiger partial charge >= 0.3 is 0 Å². The first-order valence-electron chi connectivity index (χ1n) is 3.14. The molecular weight excluding hydrogens is 114 g/mol. The van der Waals surface area contributed by atoms with Gasteiger partial charge in [-0.2, -0.15) is 5.26 Å². The van der Waals surface area contributed by atoms with Crippen LogP contribution >= 0.6 is 0 Å². The summed E-state index contributed by atoms with van der Waals surface area (Å²) in [5, 5.41) is 11.6. The predicted molar refractivity (Wildman–Crippen MR) is 34.9 cm³/mol. The quantitative estimate of drug-likeness (QED) is 0.470. The second-order valence-corrected chi connectivity index (χ2v) is 2.40. The minimum Gasteiger partial charge on any atom is -0.302 e. The molecule has 1 aliphatic heterocycles. The van der Waals surface area contributed by atoms with Gasteiger partial charge in [-0.15, -0.1) is 0 Å². The Morgan fingerprint density at radius 3 is 3.00 bits per heavy atom. The highest BCUT2D eigenvalue weighted by atomic mass is 15.2. The smallest absolute Gasteiger partial charge is 0.108 e. The number of nitriles is 1. The molecule has 1 heterocycles. The van der Waals surface area contributed by atoms with Crippen molar-refractivity contribution in [3.05, 3.63) is 0 Å². The molecule has 1 aliphatic rings. The minimum absolute atomic E-state index is 0.0451. The Kier molecular flexibility index (Phi) is 2.04. The first-order chi connectivity index (χ1) is 4.33. The lowest BCUT2D eigenvalue weighted by molar-refractivity contribution is 0.264. The predicted octanol–water partition coefficient (Wildman–Crippen LogP) is -0.586. The zero-order chi connectivity index (χ0) is 6.69. The molecule has 0 saturated carbocycles. The number of rotatable bonds is 0. The maximum absolute atomic E-state index is 8.47. The molecule has 1 N–H and O–H groups in total. The lowest BCUT2D eigenvalue weighted by Crippen LogP contribution is -2.48. The van der Waals surface area contributed by atoms with E-state index in [9.17, 15) is 0 Å². The molecule has 0 aromatic heterocycles. The van der Waals surface area contributed by atoms with Crippen molar-refractivity contribution < 1.29 is 0 Å². The first kappa shape index (κ1) is 6.53. The van der Waals surface area contributed by atoms with Crippen LogP contribution in [0.5, 0.6) is 0 Å². The van der Waals surface area contributed by atoms with Gasteiger partial charge < -0.3 is 4.90 Å². The van der Waals surface area contributed by atoms with Crippen molar-refractivity contribution in [3.8, 4) is 6.07 Å². The van der Waals surface area contributed by atoms with E-state index in [0.717, 1.165) is 19.6 Å². The summed E-state index contributed by atoms with van der Waals surface area (Å²) >= 11 is 0. The summed E-state index contributed by atoms with van der Waals surface area (Å²) in [6, 6.07) is 2.23. The SMILES string of the molecule is CN1CCN[C@@H](C#N)C1. The fourth-order valence-electron chi connectivity index (χ4n) is 0.984. The van der Waals surface area contributed by atoms with Gasteiger partial charge in [0.2, 0.25) is 0 Å². The van der Waals surface area contributed by atoms with Gasteiger partial charge in [-0.25, -0.2) is 0 Å².